The van der Waals surface area contributed by atoms with Crippen LogP contribution in [0.1, 0.15) is 54.1 Å². The Bertz CT molecular complexity index is 1150. The minimum atomic E-state index is 0.745. The molecule has 0 spiro atoms. The summed E-state index contributed by atoms with van der Waals surface area (Å²) in [6.45, 7) is 4.99. The van der Waals surface area contributed by atoms with Crippen LogP contribution in [0.25, 0.3) is 0 Å². The quantitative estimate of drug-likeness (QED) is 0.426. The Morgan fingerprint density at radius 2 is 1.82 bits per heavy atom. The van der Waals surface area contributed by atoms with Crippen molar-refractivity contribution >= 4 is 11.7 Å². The third kappa shape index (κ3) is 6.22. The van der Waals surface area contributed by atoms with Gasteiger partial charge in [0.15, 0.2) is 5.82 Å². The number of aliphatic imine (C=N–C) groups is 1. The number of aromatic amines is 1. The van der Waals surface area contributed by atoms with E-state index in [0.717, 1.165) is 72.9 Å². The van der Waals surface area contributed by atoms with E-state index in [4.69, 9.17) is 4.99 Å². The van der Waals surface area contributed by atoms with E-state index < -0.39 is 0 Å². The summed E-state index contributed by atoms with van der Waals surface area (Å²) in [5.41, 5.74) is 6.02. The third-order valence-electron chi connectivity index (χ3n) is 5.81. The number of fused-ring (bicyclic) bond motifs is 3. The molecule has 4 rings (SSSR count). The zero-order valence-corrected chi connectivity index (χ0v) is 19.6. The highest BCUT2D eigenvalue weighted by Gasteiger charge is 2.11. The fourth-order valence-electron chi connectivity index (χ4n) is 4.01. The van der Waals surface area contributed by atoms with Gasteiger partial charge in [-0.3, -0.25) is 5.10 Å². The number of allylic oxidation sites excluding steroid dienone is 3. The summed E-state index contributed by atoms with van der Waals surface area (Å²) in [4.78, 5) is 5.04. The molecule has 33 heavy (non-hydrogen) atoms. The number of amidine groups is 1. The Labute approximate surface area is 196 Å². The summed E-state index contributed by atoms with van der Waals surface area (Å²) in [6.07, 6.45) is 11.6. The Morgan fingerprint density at radius 1 is 1.00 bits per heavy atom. The monoisotopic (exact) mass is 439 g/mol. The van der Waals surface area contributed by atoms with E-state index in [1.54, 1.807) is 0 Å². The second-order valence-electron chi connectivity index (χ2n) is 8.37. The number of rotatable bonds is 2. The molecule has 5 nitrogen and oxygen atoms in total. The second-order valence-corrected chi connectivity index (χ2v) is 8.37. The van der Waals surface area contributed by atoms with Crippen LogP contribution in [0, 0.1) is 6.92 Å². The molecule has 170 valence electrons. The fraction of sp³-hybridized carbons (Fsp3) is 0.286. The number of hydrogen-bond acceptors (Lipinski definition) is 4. The van der Waals surface area contributed by atoms with Crippen molar-refractivity contribution in [3.63, 3.8) is 0 Å². The van der Waals surface area contributed by atoms with Crippen molar-refractivity contribution in [1.82, 2.24) is 15.5 Å². The molecule has 0 amide bonds. The molecule has 0 fully saturated rings. The third-order valence-corrected chi connectivity index (χ3v) is 5.81. The summed E-state index contributed by atoms with van der Waals surface area (Å²) in [7, 11) is 0. The van der Waals surface area contributed by atoms with Crippen LogP contribution < -0.4 is 10.6 Å². The molecule has 0 saturated carbocycles. The number of nitrogens with one attached hydrogen (secondary N) is 3. The average molecular weight is 440 g/mol. The molecule has 3 N–H and O–H groups in total. The van der Waals surface area contributed by atoms with Crippen molar-refractivity contribution in [2.75, 3.05) is 5.32 Å². The van der Waals surface area contributed by atoms with E-state index >= 15 is 0 Å². The molecule has 0 atom stereocenters. The van der Waals surface area contributed by atoms with Gasteiger partial charge in [-0.25, -0.2) is 4.99 Å². The van der Waals surface area contributed by atoms with Gasteiger partial charge in [0.1, 0.15) is 11.7 Å². The first-order chi connectivity index (χ1) is 16.2. The number of H-pyrrole nitrogens is 1. The van der Waals surface area contributed by atoms with Gasteiger partial charge in [-0.2, -0.15) is 5.10 Å². The number of hydrogen-bond donors (Lipinski definition) is 3. The number of benzene rings is 2. The maximum absolute atomic E-state index is 5.04. The molecule has 0 aliphatic carbocycles. The van der Waals surface area contributed by atoms with Gasteiger partial charge in [0.2, 0.25) is 0 Å². The van der Waals surface area contributed by atoms with Crippen LogP contribution in [0.2, 0.25) is 0 Å². The van der Waals surface area contributed by atoms with Crippen molar-refractivity contribution < 1.29 is 0 Å². The predicted molar refractivity (Wildman–Crippen MR) is 137 cm³/mol. The first kappa shape index (κ1) is 22.6. The summed E-state index contributed by atoms with van der Waals surface area (Å²) < 4.78 is 0. The van der Waals surface area contributed by atoms with Crippen molar-refractivity contribution in [2.24, 2.45) is 4.99 Å². The summed E-state index contributed by atoms with van der Waals surface area (Å²) in [6, 6.07) is 19.1. The highest BCUT2D eigenvalue weighted by Crippen LogP contribution is 2.17. The average Bonchev–Trinajstić information content (AvgIpc) is 3.27. The van der Waals surface area contributed by atoms with E-state index in [2.05, 4.69) is 101 Å². The van der Waals surface area contributed by atoms with Gasteiger partial charge in [0.25, 0.3) is 0 Å². The zero-order valence-electron chi connectivity index (χ0n) is 19.6. The lowest BCUT2D eigenvalue weighted by atomic mass is 10.0. The molecule has 2 heterocycles. The SMILES string of the molecule is CC/C=C1/N=C(\c2ccccc2C)Nc2cc([nH]n2)C/C=C\CCCc2ccccc2CN1. The summed E-state index contributed by atoms with van der Waals surface area (Å²) in [5.74, 6) is 2.41. The number of aryl methyl sites for hydroxylation is 2. The molecule has 1 aliphatic rings. The largest absolute Gasteiger partial charge is 0.366 e. The Balaban J connectivity index is 1.72. The smallest absolute Gasteiger partial charge is 0.153 e. The van der Waals surface area contributed by atoms with Gasteiger partial charge in [0.05, 0.1) is 0 Å². The number of nitrogens with zero attached hydrogens (tertiary/aromatic N) is 2. The zero-order chi connectivity index (χ0) is 22.9. The van der Waals surface area contributed by atoms with Crippen molar-refractivity contribution in [1.29, 1.82) is 0 Å². The second kappa shape index (κ2) is 11.3. The molecule has 1 aliphatic heterocycles. The lowest BCUT2D eigenvalue weighted by molar-refractivity contribution is 0.766. The standard InChI is InChI=1S/C28H33N5/c1-3-12-26-29-20-23-16-10-9-15-22(23)14-6-4-5-7-17-24-19-27(33-32-24)31-28(30-26)25-18-11-8-13-21(25)2/h5,7-13,15-16,18-19,29H,3-4,6,14,17,20H2,1-2H3,(H2,30,31,32,33)/b7-5-,26-12+. The molecule has 2 bridgehead atoms. The molecular formula is C28H33N5. The van der Waals surface area contributed by atoms with Crippen LogP contribution in [0.3, 0.4) is 0 Å². The van der Waals surface area contributed by atoms with Gasteiger partial charge in [-0.05, 0) is 55.4 Å². The molecule has 0 saturated heterocycles. The number of aromatic nitrogens is 2. The molecule has 0 radical (unpaired) electrons. The molecule has 2 aromatic carbocycles. The normalized spacial score (nSPS) is 18.8. The van der Waals surface area contributed by atoms with Gasteiger partial charge in [0, 0.05) is 30.3 Å². The highest BCUT2D eigenvalue weighted by atomic mass is 15.2. The van der Waals surface area contributed by atoms with Crippen LogP contribution >= 0.6 is 0 Å². The van der Waals surface area contributed by atoms with E-state index in [9.17, 15) is 0 Å². The number of anilines is 1. The Kier molecular flexibility index (Phi) is 7.75. The molecular weight excluding hydrogens is 406 g/mol. The van der Waals surface area contributed by atoms with Crippen molar-refractivity contribution in [2.45, 2.75) is 52.5 Å². The van der Waals surface area contributed by atoms with E-state index in [-0.39, 0.29) is 0 Å². The maximum atomic E-state index is 5.04. The van der Waals surface area contributed by atoms with Crippen molar-refractivity contribution in [3.8, 4) is 0 Å². The molecule has 1 aromatic heterocycles. The van der Waals surface area contributed by atoms with E-state index in [1.165, 1.54) is 11.1 Å². The van der Waals surface area contributed by atoms with Crippen molar-refractivity contribution in [3.05, 3.63) is 107 Å². The fourth-order valence-corrected chi connectivity index (χ4v) is 4.01. The van der Waals surface area contributed by atoms with Crippen LogP contribution in [-0.2, 0) is 19.4 Å². The first-order valence-electron chi connectivity index (χ1n) is 11.8. The lowest BCUT2D eigenvalue weighted by Gasteiger charge is -2.15. The maximum Gasteiger partial charge on any atom is 0.153 e. The van der Waals surface area contributed by atoms with Gasteiger partial charge >= 0.3 is 0 Å². The summed E-state index contributed by atoms with van der Waals surface area (Å²) >= 11 is 0. The lowest BCUT2D eigenvalue weighted by Crippen LogP contribution is -2.20. The molecule has 3 aromatic rings. The van der Waals surface area contributed by atoms with Gasteiger partial charge in [-0.1, -0.05) is 67.6 Å². The molecule has 0 unspecified atom stereocenters. The van der Waals surface area contributed by atoms with Gasteiger partial charge < -0.3 is 10.6 Å². The predicted octanol–water partition coefficient (Wildman–Crippen LogP) is 6.05. The van der Waals surface area contributed by atoms with E-state index in [0.29, 0.717) is 0 Å². The first-order valence-corrected chi connectivity index (χ1v) is 11.8. The highest BCUT2D eigenvalue weighted by molar-refractivity contribution is 6.09. The van der Waals surface area contributed by atoms with E-state index in [1.807, 2.05) is 6.07 Å². The van der Waals surface area contributed by atoms with Crippen LogP contribution in [0.15, 0.2) is 83.6 Å². The van der Waals surface area contributed by atoms with Crippen LogP contribution in [0.4, 0.5) is 5.82 Å². The topological polar surface area (TPSA) is 65.1 Å². The Hall–Kier alpha value is -3.60. The Morgan fingerprint density at radius 3 is 2.67 bits per heavy atom. The van der Waals surface area contributed by atoms with Crippen LogP contribution in [-0.4, -0.2) is 16.0 Å². The van der Waals surface area contributed by atoms with Crippen LogP contribution in [0.5, 0.6) is 0 Å². The van der Waals surface area contributed by atoms with Gasteiger partial charge in [-0.15, -0.1) is 0 Å². The minimum Gasteiger partial charge on any atom is -0.366 e. The minimum absolute atomic E-state index is 0.745. The molecule has 5 heteroatoms. The summed E-state index contributed by atoms with van der Waals surface area (Å²) in [5, 5.41) is 14.7.